The number of hydrogen-bond acceptors (Lipinski definition) is 3. The number of rotatable bonds is 9. The highest BCUT2D eigenvalue weighted by Crippen LogP contribution is 2.21. The van der Waals surface area contributed by atoms with Crippen molar-refractivity contribution in [2.24, 2.45) is 0 Å². The third kappa shape index (κ3) is 4.70. The standard InChI is InChI=1S/C25H24N2O3/c28-25(29)23(14-20-16-26-22-12-6-5-11-21(20)22)27-15-19-10-4-7-13-24(19)30-17-18-8-2-1-3-9-18/h1-13,16,23,26-27H,14-15,17H2,(H,28,29)/t23-/m0/s1. The van der Waals surface area contributed by atoms with Crippen LogP contribution in [-0.2, 0) is 24.4 Å². The molecule has 5 nitrogen and oxygen atoms in total. The van der Waals surface area contributed by atoms with E-state index in [-0.39, 0.29) is 0 Å². The molecule has 0 amide bonds. The lowest BCUT2D eigenvalue weighted by Crippen LogP contribution is -2.38. The number of ether oxygens (including phenoxy) is 1. The molecule has 5 heteroatoms. The highest BCUT2D eigenvalue weighted by atomic mass is 16.5. The van der Waals surface area contributed by atoms with Crippen molar-refractivity contribution in [2.75, 3.05) is 0 Å². The molecule has 3 aromatic carbocycles. The Labute approximate surface area is 175 Å². The first kappa shape index (κ1) is 19.7. The van der Waals surface area contributed by atoms with Gasteiger partial charge in [0.15, 0.2) is 0 Å². The van der Waals surface area contributed by atoms with Crippen LogP contribution in [0.5, 0.6) is 5.75 Å². The van der Waals surface area contributed by atoms with Gasteiger partial charge in [-0.2, -0.15) is 0 Å². The smallest absolute Gasteiger partial charge is 0.321 e. The summed E-state index contributed by atoms with van der Waals surface area (Å²) in [7, 11) is 0. The number of carboxylic acids is 1. The molecule has 0 unspecified atom stereocenters. The van der Waals surface area contributed by atoms with Gasteiger partial charge in [-0.25, -0.2) is 0 Å². The Bertz CT molecular complexity index is 1120. The highest BCUT2D eigenvalue weighted by Gasteiger charge is 2.20. The lowest BCUT2D eigenvalue weighted by Gasteiger charge is -2.16. The number of fused-ring (bicyclic) bond motifs is 1. The number of carbonyl (C=O) groups is 1. The van der Waals surface area contributed by atoms with Crippen LogP contribution in [0.1, 0.15) is 16.7 Å². The van der Waals surface area contributed by atoms with Crippen molar-refractivity contribution in [1.29, 1.82) is 0 Å². The van der Waals surface area contributed by atoms with E-state index in [9.17, 15) is 9.90 Å². The summed E-state index contributed by atoms with van der Waals surface area (Å²) in [6.45, 7) is 0.875. The SMILES string of the molecule is O=C(O)[C@H](Cc1c[nH]c2ccccc12)NCc1ccccc1OCc1ccccc1. The molecule has 0 aliphatic rings. The number of nitrogens with one attached hydrogen (secondary N) is 2. The fourth-order valence-electron chi connectivity index (χ4n) is 3.53. The lowest BCUT2D eigenvalue weighted by atomic mass is 10.0. The normalized spacial score (nSPS) is 12.0. The van der Waals surface area contributed by atoms with E-state index in [0.717, 1.165) is 33.3 Å². The molecular weight excluding hydrogens is 376 g/mol. The van der Waals surface area contributed by atoms with Gasteiger partial charge in [-0.15, -0.1) is 0 Å². The van der Waals surface area contributed by atoms with Gasteiger partial charge in [0.1, 0.15) is 18.4 Å². The van der Waals surface area contributed by atoms with Crippen LogP contribution in [0.4, 0.5) is 0 Å². The van der Waals surface area contributed by atoms with Gasteiger partial charge in [-0.3, -0.25) is 10.1 Å². The predicted octanol–water partition coefficient (Wildman–Crippen LogP) is 4.53. The number of carboxylic acid groups (broad SMARTS) is 1. The zero-order valence-electron chi connectivity index (χ0n) is 16.5. The fraction of sp³-hybridized carbons (Fsp3) is 0.160. The van der Waals surface area contributed by atoms with Crippen molar-refractivity contribution in [3.8, 4) is 5.75 Å². The van der Waals surface area contributed by atoms with E-state index in [1.54, 1.807) is 0 Å². The molecule has 0 aliphatic carbocycles. The van der Waals surface area contributed by atoms with E-state index in [1.807, 2.05) is 85.1 Å². The third-order valence-electron chi connectivity index (χ3n) is 5.15. The van der Waals surface area contributed by atoms with E-state index >= 15 is 0 Å². The summed E-state index contributed by atoms with van der Waals surface area (Å²) in [6.07, 6.45) is 2.28. The van der Waals surface area contributed by atoms with Crippen LogP contribution >= 0.6 is 0 Å². The average Bonchev–Trinajstić information content (AvgIpc) is 3.19. The molecule has 30 heavy (non-hydrogen) atoms. The molecule has 3 N–H and O–H groups in total. The molecule has 4 rings (SSSR count). The minimum atomic E-state index is -0.872. The van der Waals surface area contributed by atoms with E-state index in [2.05, 4.69) is 10.3 Å². The first-order valence-corrected chi connectivity index (χ1v) is 9.96. The van der Waals surface area contributed by atoms with Crippen LogP contribution in [-0.4, -0.2) is 22.1 Å². The second-order valence-electron chi connectivity index (χ2n) is 7.22. The molecule has 1 heterocycles. The zero-order chi connectivity index (χ0) is 20.8. The monoisotopic (exact) mass is 400 g/mol. The van der Waals surface area contributed by atoms with Crippen LogP contribution in [0.25, 0.3) is 10.9 Å². The Morgan fingerprint density at radius 1 is 0.933 bits per heavy atom. The molecular formula is C25H24N2O3. The molecule has 1 aromatic heterocycles. The van der Waals surface area contributed by atoms with Crippen molar-refractivity contribution in [3.63, 3.8) is 0 Å². The van der Waals surface area contributed by atoms with Crippen molar-refractivity contribution in [1.82, 2.24) is 10.3 Å². The molecule has 0 radical (unpaired) electrons. The molecule has 0 fully saturated rings. The van der Waals surface area contributed by atoms with Crippen molar-refractivity contribution >= 4 is 16.9 Å². The summed E-state index contributed by atoms with van der Waals surface area (Å²) >= 11 is 0. The molecule has 0 bridgehead atoms. The van der Waals surface area contributed by atoms with Crippen LogP contribution in [0.3, 0.4) is 0 Å². The average molecular weight is 400 g/mol. The first-order chi connectivity index (χ1) is 14.7. The van der Waals surface area contributed by atoms with Crippen LogP contribution in [0, 0.1) is 0 Å². The number of aromatic amines is 1. The lowest BCUT2D eigenvalue weighted by molar-refractivity contribution is -0.139. The minimum Gasteiger partial charge on any atom is -0.489 e. The summed E-state index contributed by atoms with van der Waals surface area (Å²) in [5, 5.41) is 14.0. The maximum Gasteiger partial charge on any atom is 0.321 e. The molecule has 152 valence electrons. The Kier molecular flexibility index (Phi) is 6.11. The largest absolute Gasteiger partial charge is 0.489 e. The van der Waals surface area contributed by atoms with E-state index < -0.39 is 12.0 Å². The van der Waals surface area contributed by atoms with E-state index in [1.165, 1.54) is 0 Å². The molecule has 0 aliphatic heterocycles. The van der Waals surface area contributed by atoms with E-state index in [0.29, 0.717) is 19.6 Å². The highest BCUT2D eigenvalue weighted by molar-refractivity contribution is 5.84. The molecule has 0 saturated heterocycles. The Balaban J connectivity index is 1.43. The predicted molar refractivity (Wildman–Crippen MR) is 117 cm³/mol. The Hall–Kier alpha value is -3.57. The third-order valence-corrected chi connectivity index (χ3v) is 5.15. The first-order valence-electron chi connectivity index (χ1n) is 9.96. The summed E-state index contributed by atoms with van der Waals surface area (Å²) in [4.78, 5) is 15.1. The van der Waals surface area contributed by atoms with Crippen molar-refractivity contribution in [2.45, 2.75) is 25.6 Å². The van der Waals surface area contributed by atoms with Gasteiger partial charge in [-0.1, -0.05) is 66.7 Å². The fourth-order valence-corrected chi connectivity index (χ4v) is 3.53. The summed E-state index contributed by atoms with van der Waals surface area (Å²) in [5.74, 6) is -0.118. The van der Waals surface area contributed by atoms with Crippen LogP contribution in [0.2, 0.25) is 0 Å². The number of para-hydroxylation sites is 2. The van der Waals surface area contributed by atoms with Gasteiger partial charge >= 0.3 is 5.97 Å². The van der Waals surface area contributed by atoms with Gasteiger partial charge in [-0.05, 0) is 23.3 Å². The number of H-pyrrole nitrogens is 1. The number of benzene rings is 3. The minimum absolute atomic E-state index is 0.395. The Morgan fingerprint density at radius 3 is 2.50 bits per heavy atom. The topological polar surface area (TPSA) is 74.3 Å². The van der Waals surface area contributed by atoms with Crippen LogP contribution in [0.15, 0.2) is 85.1 Å². The molecule has 0 spiro atoms. The number of hydrogen-bond donors (Lipinski definition) is 3. The zero-order valence-corrected chi connectivity index (χ0v) is 16.5. The van der Waals surface area contributed by atoms with Gasteiger partial charge in [0.25, 0.3) is 0 Å². The summed E-state index contributed by atoms with van der Waals surface area (Å²) in [5.41, 5.74) is 4.01. The van der Waals surface area contributed by atoms with E-state index in [4.69, 9.17) is 4.74 Å². The van der Waals surface area contributed by atoms with Gasteiger partial charge in [0.2, 0.25) is 0 Å². The summed E-state index contributed by atoms with van der Waals surface area (Å²) < 4.78 is 5.99. The van der Waals surface area contributed by atoms with Gasteiger partial charge < -0.3 is 14.8 Å². The van der Waals surface area contributed by atoms with Crippen LogP contribution < -0.4 is 10.1 Å². The second-order valence-corrected chi connectivity index (χ2v) is 7.22. The maximum absolute atomic E-state index is 11.9. The Morgan fingerprint density at radius 2 is 1.67 bits per heavy atom. The maximum atomic E-state index is 11.9. The number of aliphatic carboxylic acids is 1. The summed E-state index contributed by atoms with van der Waals surface area (Å²) in [6, 6.07) is 24.9. The quantitative estimate of drug-likeness (QED) is 0.386. The van der Waals surface area contributed by atoms with Crippen molar-refractivity contribution in [3.05, 3.63) is 102 Å². The van der Waals surface area contributed by atoms with Gasteiger partial charge in [0.05, 0.1) is 0 Å². The number of aromatic nitrogens is 1. The molecule has 4 aromatic rings. The van der Waals surface area contributed by atoms with Gasteiger partial charge in [0, 0.05) is 35.6 Å². The molecule has 1 atom stereocenters. The second kappa shape index (κ2) is 9.29. The molecule has 0 saturated carbocycles. The van der Waals surface area contributed by atoms with Crippen molar-refractivity contribution < 1.29 is 14.6 Å².